The van der Waals surface area contributed by atoms with Gasteiger partial charge in [0, 0.05) is 5.56 Å². The number of ether oxygens (including phenoxy) is 1. The molecule has 0 radical (unpaired) electrons. The lowest BCUT2D eigenvalue weighted by atomic mass is 9.83. The van der Waals surface area contributed by atoms with Gasteiger partial charge in [0.15, 0.2) is 0 Å². The topological polar surface area (TPSA) is 101 Å². The van der Waals surface area contributed by atoms with E-state index in [0.29, 0.717) is 18.4 Å². The molecule has 148 valence electrons. The van der Waals surface area contributed by atoms with E-state index in [1.54, 1.807) is 0 Å². The standard InChI is InChI=1S/C18H18F2N4O3S/c19-16(20)26-13-6-4-12(5-7-13)15-23-24-17(27-15)28-10-14(25)22-18(11-21)8-2-1-3-9-18/h4-7,16H,1-3,8-10H2,(H,22,25). The van der Waals surface area contributed by atoms with Crippen LogP contribution < -0.4 is 10.1 Å². The molecule has 0 aliphatic heterocycles. The highest BCUT2D eigenvalue weighted by Crippen LogP contribution is 2.28. The van der Waals surface area contributed by atoms with E-state index < -0.39 is 12.2 Å². The van der Waals surface area contributed by atoms with E-state index in [4.69, 9.17) is 4.42 Å². The van der Waals surface area contributed by atoms with E-state index in [1.165, 1.54) is 24.3 Å². The highest BCUT2D eigenvalue weighted by molar-refractivity contribution is 7.99. The summed E-state index contributed by atoms with van der Waals surface area (Å²) in [5.41, 5.74) is -0.242. The van der Waals surface area contributed by atoms with Crippen molar-refractivity contribution < 1.29 is 22.7 Å². The Bertz CT molecular complexity index is 845. The van der Waals surface area contributed by atoms with Gasteiger partial charge in [0.1, 0.15) is 11.3 Å². The van der Waals surface area contributed by atoms with Crippen molar-refractivity contribution in [2.45, 2.75) is 49.5 Å². The van der Waals surface area contributed by atoms with Crippen molar-refractivity contribution in [3.05, 3.63) is 24.3 Å². The summed E-state index contributed by atoms with van der Waals surface area (Å²) in [5, 5.41) is 20.2. The highest BCUT2D eigenvalue weighted by atomic mass is 32.2. The predicted molar refractivity (Wildman–Crippen MR) is 96.7 cm³/mol. The molecule has 1 aromatic heterocycles. The van der Waals surface area contributed by atoms with Crippen molar-refractivity contribution in [2.24, 2.45) is 0 Å². The van der Waals surface area contributed by atoms with E-state index in [2.05, 4.69) is 26.3 Å². The normalized spacial score (nSPS) is 15.8. The molecule has 1 saturated carbocycles. The van der Waals surface area contributed by atoms with E-state index in [0.717, 1.165) is 31.0 Å². The van der Waals surface area contributed by atoms with Crippen LogP contribution in [0.3, 0.4) is 0 Å². The third-order valence-corrected chi connectivity index (χ3v) is 5.18. The molecule has 1 aromatic carbocycles. The maximum atomic E-state index is 12.2. The molecule has 1 aliphatic carbocycles. The number of amides is 1. The Labute approximate surface area is 164 Å². The van der Waals surface area contributed by atoms with Crippen LogP contribution in [0, 0.1) is 11.3 Å². The van der Waals surface area contributed by atoms with Gasteiger partial charge in [-0.2, -0.15) is 14.0 Å². The van der Waals surface area contributed by atoms with Gasteiger partial charge in [0.2, 0.25) is 11.8 Å². The van der Waals surface area contributed by atoms with Crippen molar-refractivity contribution in [1.29, 1.82) is 5.26 Å². The molecule has 0 bridgehead atoms. The molecule has 0 saturated heterocycles. The molecule has 28 heavy (non-hydrogen) atoms. The average molecular weight is 408 g/mol. The number of hydrogen-bond donors (Lipinski definition) is 1. The van der Waals surface area contributed by atoms with Crippen LogP contribution in [-0.2, 0) is 4.79 Å². The molecule has 1 aliphatic rings. The van der Waals surface area contributed by atoms with Crippen LogP contribution in [0.15, 0.2) is 33.9 Å². The van der Waals surface area contributed by atoms with Crippen molar-refractivity contribution in [2.75, 3.05) is 5.75 Å². The van der Waals surface area contributed by atoms with Crippen LogP contribution in [0.2, 0.25) is 0 Å². The first-order valence-electron chi connectivity index (χ1n) is 8.73. The quantitative estimate of drug-likeness (QED) is 0.696. The summed E-state index contributed by atoms with van der Waals surface area (Å²) >= 11 is 1.07. The Morgan fingerprint density at radius 2 is 2.00 bits per heavy atom. The molecule has 0 spiro atoms. The number of thioether (sulfide) groups is 1. The van der Waals surface area contributed by atoms with Crippen molar-refractivity contribution in [3.8, 4) is 23.3 Å². The highest BCUT2D eigenvalue weighted by Gasteiger charge is 2.33. The summed E-state index contributed by atoms with van der Waals surface area (Å²) in [5.74, 6) is 0.0133. The molecule has 1 N–H and O–H groups in total. The zero-order valence-corrected chi connectivity index (χ0v) is 15.7. The van der Waals surface area contributed by atoms with Crippen LogP contribution in [0.4, 0.5) is 8.78 Å². The molecule has 0 atom stereocenters. The first-order valence-corrected chi connectivity index (χ1v) is 9.72. The van der Waals surface area contributed by atoms with Crippen LogP contribution in [0.5, 0.6) is 5.75 Å². The van der Waals surface area contributed by atoms with Gasteiger partial charge < -0.3 is 14.5 Å². The summed E-state index contributed by atoms with van der Waals surface area (Å²) in [7, 11) is 0. The third kappa shape index (κ3) is 5.19. The SMILES string of the molecule is N#CC1(NC(=O)CSc2nnc(-c3ccc(OC(F)F)cc3)o2)CCCCC1. The van der Waals surface area contributed by atoms with Gasteiger partial charge in [-0.1, -0.05) is 31.0 Å². The Morgan fingerprint density at radius 3 is 2.64 bits per heavy atom. The fraction of sp³-hybridized carbons (Fsp3) is 0.444. The largest absolute Gasteiger partial charge is 0.435 e. The minimum atomic E-state index is -2.89. The number of hydrogen-bond acceptors (Lipinski definition) is 7. The van der Waals surface area contributed by atoms with E-state index in [-0.39, 0.29) is 28.5 Å². The number of halogens is 2. The number of nitriles is 1. The minimum absolute atomic E-state index is 0.0265. The minimum Gasteiger partial charge on any atom is -0.435 e. The molecule has 0 unspecified atom stereocenters. The zero-order valence-electron chi connectivity index (χ0n) is 14.9. The molecule has 3 rings (SSSR count). The number of carbonyl (C=O) groups is 1. The number of nitrogens with one attached hydrogen (secondary N) is 1. The Morgan fingerprint density at radius 1 is 1.29 bits per heavy atom. The van der Waals surface area contributed by atoms with Crippen LogP contribution in [0.25, 0.3) is 11.5 Å². The van der Waals surface area contributed by atoms with Gasteiger partial charge in [0.05, 0.1) is 11.8 Å². The molecular formula is C18H18F2N4O3S. The predicted octanol–water partition coefficient (Wildman–Crippen LogP) is 3.77. The fourth-order valence-corrected chi connectivity index (χ4v) is 3.58. The summed E-state index contributed by atoms with van der Waals surface area (Å²) in [6.45, 7) is -2.89. The van der Waals surface area contributed by atoms with E-state index in [9.17, 15) is 18.8 Å². The van der Waals surface area contributed by atoms with Crippen molar-refractivity contribution in [3.63, 3.8) is 0 Å². The second-order valence-corrected chi connectivity index (χ2v) is 7.29. The summed E-state index contributed by atoms with van der Waals surface area (Å²) < 4.78 is 34.1. The van der Waals surface area contributed by atoms with Gasteiger partial charge in [-0.15, -0.1) is 10.2 Å². The van der Waals surface area contributed by atoms with Gasteiger partial charge in [0.25, 0.3) is 5.22 Å². The molecule has 2 aromatic rings. The number of alkyl halides is 2. The molecular weight excluding hydrogens is 390 g/mol. The van der Waals surface area contributed by atoms with Gasteiger partial charge in [-0.05, 0) is 37.1 Å². The van der Waals surface area contributed by atoms with Crippen LogP contribution in [0.1, 0.15) is 32.1 Å². The lowest BCUT2D eigenvalue weighted by Crippen LogP contribution is -2.49. The Kier molecular flexibility index (Phi) is 6.46. The lowest BCUT2D eigenvalue weighted by Gasteiger charge is -2.31. The summed E-state index contributed by atoms with van der Waals surface area (Å²) in [6, 6.07) is 8.02. The first kappa shape index (κ1) is 20.1. The number of benzene rings is 1. The fourth-order valence-electron chi connectivity index (χ4n) is 3.01. The average Bonchev–Trinajstić information content (AvgIpc) is 3.16. The maximum absolute atomic E-state index is 12.2. The second-order valence-electron chi connectivity index (χ2n) is 6.37. The molecule has 1 fully saturated rings. The van der Waals surface area contributed by atoms with Crippen molar-refractivity contribution in [1.82, 2.24) is 15.5 Å². The molecule has 1 amide bonds. The third-order valence-electron chi connectivity index (χ3n) is 4.36. The summed E-state index contributed by atoms with van der Waals surface area (Å²) in [6.07, 6.45) is 4.25. The monoisotopic (exact) mass is 408 g/mol. The smallest absolute Gasteiger partial charge is 0.387 e. The van der Waals surface area contributed by atoms with Crippen LogP contribution >= 0.6 is 11.8 Å². The van der Waals surface area contributed by atoms with Gasteiger partial charge >= 0.3 is 6.61 Å². The van der Waals surface area contributed by atoms with Crippen molar-refractivity contribution >= 4 is 17.7 Å². The number of carbonyl (C=O) groups excluding carboxylic acids is 1. The van der Waals surface area contributed by atoms with E-state index >= 15 is 0 Å². The number of rotatable bonds is 7. The maximum Gasteiger partial charge on any atom is 0.387 e. The second kappa shape index (κ2) is 9.01. The molecule has 7 nitrogen and oxygen atoms in total. The lowest BCUT2D eigenvalue weighted by molar-refractivity contribution is -0.120. The van der Waals surface area contributed by atoms with Gasteiger partial charge in [-0.25, -0.2) is 0 Å². The first-order chi connectivity index (χ1) is 13.5. The molecule has 1 heterocycles. The Balaban J connectivity index is 1.54. The number of aromatic nitrogens is 2. The van der Waals surface area contributed by atoms with E-state index in [1.807, 2.05) is 0 Å². The zero-order chi connectivity index (χ0) is 20.0. The molecule has 10 heteroatoms. The summed E-state index contributed by atoms with van der Waals surface area (Å²) in [4.78, 5) is 12.2. The Hall–Kier alpha value is -2.67. The number of nitrogens with zero attached hydrogens (tertiary/aromatic N) is 3. The van der Waals surface area contributed by atoms with Gasteiger partial charge in [-0.3, -0.25) is 4.79 Å². The van der Waals surface area contributed by atoms with Crippen LogP contribution in [-0.4, -0.2) is 34.0 Å².